The second-order valence-corrected chi connectivity index (χ2v) is 8.25. The fourth-order valence-corrected chi connectivity index (χ4v) is 4.27. The maximum Gasteiger partial charge on any atom is 0.241 e. The number of nitrogens with one attached hydrogen (secondary N) is 2. The van der Waals surface area contributed by atoms with Crippen LogP contribution in [-0.2, 0) is 21.4 Å². The average molecular weight is 389 g/mol. The zero-order valence-electron chi connectivity index (χ0n) is 15.4. The molecule has 1 aliphatic heterocycles. The van der Waals surface area contributed by atoms with E-state index in [4.69, 9.17) is 0 Å². The van der Waals surface area contributed by atoms with Crippen molar-refractivity contribution in [2.24, 2.45) is 0 Å². The van der Waals surface area contributed by atoms with Crippen LogP contribution in [0.5, 0.6) is 0 Å². The molecule has 1 aromatic carbocycles. The maximum absolute atomic E-state index is 12.6. The van der Waals surface area contributed by atoms with E-state index >= 15 is 0 Å². The Kier molecular flexibility index (Phi) is 5.71. The molecule has 9 heteroatoms. The Balaban J connectivity index is 1.71. The number of hydrogen-bond donors (Lipinski definition) is 2. The lowest BCUT2D eigenvalue weighted by Gasteiger charge is -2.16. The van der Waals surface area contributed by atoms with E-state index in [1.807, 2.05) is 6.07 Å². The molecule has 0 atom stereocenters. The molecular weight excluding hydrogens is 366 g/mol. The molecular formula is C18H23N5O3S. The van der Waals surface area contributed by atoms with Crippen molar-refractivity contribution in [2.75, 3.05) is 23.3 Å². The molecule has 2 aromatic rings. The zero-order valence-corrected chi connectivity index (χ0v) is 16.2. The summed E-state index contributed by atoms with van der Waals surface area (Å²) < 4.78 is 27.8. The molecule has 1 saturated heterocycles. The first kappa shape index (κ1) is 19.2. The molecule has 0 spiro atoms. The van der Waals surface area contributed by atoms with Crippen LogP contribution in [0.4, 0.5) is 11.5 Å². The summed E-state index contributed by atoms with van der Waals surface area (Å²) in [6, 6.07) is 6.51. The number of nitrogens with zero attached hydrogens (tertiary/aromatic N) is 3. The molecule has 1 aliphatic rings. The second-order valence-electron chi connectivity index (χ2n) is 6.51. The third-order valence-electron chi connectivity index (χ3n) is 4.33. The van der Waals surface area contributed by atoms with Crippen molar-refractivity contribution in [3.63, 3.8) is 0 Å². The fourth-order valence-electron chi connectivity index (χ4n) is 3.07. The van der Waals surface area contributed by atoms with E-state index in [0.29, 0.717) is 17.1 Å². The smallest absolute Gasteiger partial charge is 0.241 e. The largest absolute Gasteiger partial charge is 0.357 e. The van der Waals surface area contributed by atoms with Crippen LogP contribution in [0.2, 0.25) is 0 Å². The molecule has 144 valence electrons. The lowest BCUT2D eigenvalue weighted by atomic mass is 10.2. The number of amides is 1. The Morgan fingerprint density at radius 2 is 1.96 bits per heavy atom. The molecule has 0 bridgehead atoms. The summed E-state index contributed by atoms with van der Waals surface area (Å²) in [7, 11) is -3.72. The van der Waals surface area contributed by atoms with Crippen LogP contribution in [0, 0.1) is 6.92 Å². The van der Waals surface area contributed by atoms with Crippen molar-refractivity contribution in [3.05, 3.63) is 41.9 Å². The monoisotopic (exact) mass is 389 g/mol. The minimum atomic E-state index is -3.72. The van der Waals surface area contributed by atoms with Crippen molar-refractivity contribution >= 4 is 27.4 Å². The first-order chi connectivity index (χ1) is 12.8. The van der Waals surface area contributed by atoms with Gasteiger partial charge in [-0.3, -0.25) is 4.79 Å². The van der Waals surface area contributed by atoms with Crippen molar-refractivity contribution in [1.82, 2.24) is 14.7 Å². The van der Waals surface area contributed by atoms with Crippen LogP contribution in [-0.4, -0.2) is 37.4 Å². The summed E-state index contributed by atoms with van der Waals surface area (Å²) in [6.07, 6.45) is 3.93. The van der Waals surface area contributed by atoms with Gasteiger partial charge in [-0.05, 0) is 49.6 Å². The lowest BCUT2D eigenvalue weighted by Crippen LogP contribution is -2.26. The topological polar surface area (TPSA) is 104 Å². The molecule has 1 amide bonds. The van der Waals surface area contributed by atoms with E-state index in [9.17, 15) is 13.2 Å². The summed E-state index contributed by atoms with van der Waals surface area (Å²) >= 11 is 0. The predicted octanol–water partition coefficient (Wildman–Crippen LogP) is 1.82. The van der Waals surface area contributed by atoms with Crippen LogP contribution in [0.3, 0.4) is 0 Å². The summed E-state index contributed by atoms with van der Waals surface area (Å²) in [6.45, 7) is 5.02. The Morgan fingerprint density at radius 1 is 1.22 bits per heavy atom. The highest BCUT2D eigenvalue weighted by molar-refractivity contribution is 7.89. The van der Waals surface area contributed by atoms with E-state index in [0.717, 1.165) is 31.7 Å². The Hall–Kier alpha value is -2.52. The fraction of sp³-hybridized carbons (Fsp3) is 0.389. The highest BCUT2D eigenvalue weighted by Gasteiger charge is 2.19. The molecule has 1 aromatic heterocycles. The second kappa shape index (κ2) is 8.01. The Bertz CT molecular complexity index is 940. The lowest BCUT2D eigenvalue weighted by molar-refractivity contribution is -0.114. The number of carbonyl (C=O) groups excluding carboxylic acids is 1. The molecule has 0 saturated carbocycles. The SMILES string of the molecule is CC(=O)Nc1ccc(S(=O)(=O)NCc2nccc(N3CCCC3)n2)c(C)c1. The van der Waals surface area contributed by atoms with Crippen LogP contribution >= 0.6 is 0 Å². The van der Waals surface area contributed by atoms with Crippen LogP contribution < -0.4 is 14.9 Å². The number of benzene rings is 1. The van der Waals surface area contributed by atoms with Gasteiger partial charge in [0.2, 0.25) is 15.9 Å². The number of aromatic nitrogens is 2. The first-order valence-corrected chi connectivity index (χ1v) is 10.3. The van der Waals surface area contributed by atoms with Gasteiger partial charge in [0.1, 0.15) is 11.6 Å². The van der Waals surface area contributed by atoms with Gasteiger partial charge in [-0.25, -0.2) is 23.1 Å². The molecule has 27 heavy (non-hydrogen) atoms. The van der Waals surface area contributed by atoms with Gasteiger partial charge in [-0.1, -0.05) is 0 Å². The maximum atomic E-state index is 12.6. The van der Waals surface area contributed by atoms with E-state index < -0.39 is 10.0 Å². The number of carbonyl (C=O) groups is 1. The van der Waals surface area contributed by atoms with E-state index in [1.165, 1.54) is 13.0 Å². The molecule has 3 rings (SSSR count). The van der Waals surface area contributed by atoms with E-state index in [-0.39, 0.29) is 17.3 Å². The number of hydrogen-bond acceptors (Lipinski definition) is 6. The minimum Gasteiger partial charge on any atom is -0.357 e. The van der Waals surface area contributed by atoms with Gasteiger partial charge in [-0.2, -0.15) is 0 Å². The molecule has 0 aliphatic carbocycles. The van der Waals surface area contributed by atoms with E-state index in [1.54, 1.807) is 25.3 Å². The van der Waals surface area contributed by atoms with Gasteiger partial charge in [0.25, 0.3) is 0 Å². The van der Waals surface area contributed by atoms with Gasteiger partial charge in [0, 0.05) is 31.9 Å². The average Bonchev–Trinajstić information content (AvgIpc) is 3.14. The zero-order chi connectivity index (χ0) is 19.4. The van der Waals surface area contributed by atoms with Crippen molar-refractivity contribution in [1.29, 1.82) is 0 Å². The molecule has 1 fully saturated rings. The van der Waals surface area contributed by atoms with Crippen LogP contribution in [0.1, 0.15) is 31.2 Å². The highest BCUT2D eigenvalue weighted by Crippen LogP contribution is 2.20. The number of rotatable bonds is 6. The van der Waals surface area contributed by atoms with Gasteiger partial charge < -0.3 is 10.2 Å². The van der Waals surface area contributed by atoms with E-state index in [2.05, 4.69) is 24.9 Å². The number of sulfonamides is 1. The highest BCUT2D eigenvalue weighted by atomic mass is 32.2. The van der Waals surface area contributed by atoms with Gasteiger partial charge in [0.05, 0.1) is 11.4 Å². The van der Waals surface area contributed by atoms with Crippen molar-refractivity contribution in [3.8, 4) is 0 Å². The molecule has 8 nitrogen and oxygen atoms in total. The molecule has 0 radical (unpaired) electrons. The Labute approximate surface area is 159 Å². The van der Waals surface area contributed by atoms with Crippen molar-refractivity contribution in [2.45, 2.75) is 38.1 Å². The van der Waals surface area contributed by atoms with Crippen molar-refractivity contribution < 1.29 is 13.2 Å². The van der Waals surface area contributed by atoms with Crippen LogP contribution in [0.15, 0.2) is 35.4 Å². The first-order valence-electron chi connectivity index (χ1n) is 8.80. The summed E-state index contributed by atoms with van der Waals surface area (Å²) in [5.74, 6) is 1.04. The summed E-state index contributed by atoms with van der Waals surface area (Å²) in [5, 5.41) is 2.64. The third kappa shape index (κ3) is 4.81. The third-order valence-corrected chi connectivity index (χ3v) is 5.89. The Morgan fingerprint density at radius 3 is 2.63 bits per heavy atom. The van der Waals surface area contributed by atoms with Gasteiger partial charge in [-0.15, -0.1) is 0 Å². The minimum absolute atomic E-state index is 0.0108. The van der Waals surface area contributed by atoms with Crippen LogP contribution in [0.25, 0.3) is 0 Å². The number of anilines is 2. The predicted molar refractivity (Wildman–Crippen MR) is 103 cm³/mol. The van der Waals surface area contributed by atoms with Gasteiger partial charge in [0.15, 0.2) is 0 Å². The standard InChI is InChI=1S/C18H23N5O3S/c1-13-11-15(21-14(2)24)5-6-16(13)27(25,26)20-12-17-19-8-7-18(22-17)23-9-3-4-10-23/h5-8,11,20H,3-4,9-10,12H2,1-2H3,(H,21,24). The number of aryl methyl sites for hydroxylation is 1. The quantitative estimate of drug-likeness (QED) is 0.781. The summed E-state index contributed by atoms with van der Waals surface area (Å²) in [5.41, 5.74) is 1.10. The van der Waals surface area contributed by atoms with Gasteiger partial charge >= 0.3 is 0 Å². The molecule has 2 heterocycles. The summed E-state index contributed by atoms with van der Waals surface area (Å²) in [4.78, 5) is 22.1. The molecule has 0 unspecified atom stereocenters. The normalized spacial score (nSPS) is 14.4. The molecule has 2 N–H and O–H groups in total.